The third-order valence-corrected chi connectivity index (χ3v) is 7.02. The summed E-state index contributed by atoms with van der Waals surface area (Å²) in [6.07, 6.45) is 5.84. The maximum absolute atomic E-state index is 14.0. The second-order valence-corrected chi connectivity index (χ2v) is 8.98. The fraction of sp³-hybridized carbons (Fsp3) is 0.391. The molecule has 1 aliphatic heterocycles. The first kappa shape index (κ1) is 20.9. The van der Waals surface area contributed by atoms with E-state index in [9.17, 15) is 14.0 Å². The lowest BCUT2D eigenvalue weighted by Crippen LogP contribution is -2.41. The molecule has 1 atom stereocenters. The van der Waals surface area contributed by atoms with Crippen molar-refractivity contribution in [3.63, 3.8) is 0 Å². The molecule has 2 amide bonds. The lowest BCUT2D eigenvalue weighted by atomic mass is 10.0. The summed E-state index contributed by atoms with van der Waals surface area (Å²) in [6.45, 7) is 0.160. The van der Waals surface area contributed by atoms with Crippen molar-refractivity contribution in [3.05, 3.63) is 59.9 Å². The van der Waals surface area contributed by atoms with Gasteiger partial charge >= 0.3 is 0 Å². The third kappa shape index (κ3) is 4.09. The van der Waals surface area contributed by atoms with Crippen molar-refractivity contribution < 1.29 is 14.0 Å². The van der Waals surface area contributed by atoms with Gasteiger partial charge in [-0.2, -0.15) is 0 Å². The van der Waals surface area contributed by atoms with Gasteiger partial charge in [0.2, 0.25) is 5.91 Å². The Morgan fingerprint density at radius 3 is 2.63 bits per heavy atom. The van der Waals surface area contributed by atoms with Gasteiger partial charge in [0.25, 0.3) is 5.91 Å². The van der Waals surface area contributed by atoms with Crippen molar-refractivity contribution >= 4 is 35.1 Å². The summed E-state index contributed by atoms with van der Waals surface area (Å²) < 4.78 is 15.7. The minimum atomic E-state index is -0.821. The van der Waals surface area contributed by atoms with Gasteiger partial charge in [0, 0.05) is 29.5 Å². The normalized spacial score (nSPS) is 19.1. The predicted molar refractivity (Wildman–Crippen MR) is 119 cm³/mol. The lowest BCUT2D eigenvalue weighted by molar-refractivity contribution is -0.123. The highest BCUT2D eigenvalue weighted by atomic mass is 32.2. The topological polar surface area (TPSA) is 66.6 Å². The Labute approximate surface area is 180 Å². The number of amides is 2. The Kier molecular flexibility index (Phi) is 6.39. The molecule has 1 heterocycles. The molecule has 1 fully saturated rings. The number of rotatable bonds is 6. The number of para-hydroxylation sites is 1. The molecule has 2 aromatic carbocycles. The number of carbonyl (C=O) groups excluding carboxylic acids is 2. The number of benzene rings is 2. The van der Waals surface area contributed by atoms with E-state index in [0.717, 1.165) is 24.1 Å². The van der Waals surface area contributed by atoms with E-state index in [1.54, 1.807) is 28.4 Å². The Morgan fingerprint density at radius 1 is 1.13 bits per heavy atom. The van der Waals surface area contributed by atoms with Crippen LogP contribution in [-0.2, 0) is 9.59 Å². The lowest BCUT2D eigenvalue weighted by Gasteiger charge is -2.30. The number of fused-ring (bicyclic) bond motifs is 1. The van der Waals surface area contributed by atoms with E-state index in [1.807, 2.05) is 24.3 Å². The van der Waals surface area contributed by atoms with Crippen LogP contribution < -0.4 is 14.9 Å². The van der Waals surface area contributed by atoms with Crippen molar-refractivity contribution in [2.75, 3.05) is 15.7 Å². The molecule has 4 rings (SSSR count). The van der Waals surface area contributed by atoms with E-state index in [2.05, 4.69) is 0 Å². The average molecular weight is 428 g/mol. The molecule has 2 aliphatic rings. The first-order valence-corrected chi connectivity index (χ1v) is 11.3. The van der Waals surface area contributed by atoms with Crippen LogP contribution >= 0.6 is 11.9 Å². The number of nitrogens with zero attached hydrogens (tertiary/aromatic N) is 2. The van der Waals surface area contributed by atoms with Gasteiger partial charge in [0.05, 0.1) is 5.69 Å². The standard InChI is InChI=1S/C23H26FN3O2S/c24-16-7-6-8-17(15-16)26(21(28)13-14-25)22-19-11-4-5-12-20(19)27(23(22)29)30-18-9-2-1-3-10-18/h4-8,11-12,15,18,22H,1-3,9-10,13-14,25H2. The summed E-state index contributed by atoms with van der Waals surface area (Å²) >= 11 is 1.57. The van der Waals surface area contributed by atoms with Crippen LogP contribution in [0.15, 0.2) is 48.5 Å². The van der Waals surface area contributed by atoms with E-state index in [1.165, 1.54) is 36.3 Å². The summed E-state index contributed by atoms with van der Waals surface area (Å²) in [5, 5.41) is 0.386. The van der Waals surface area contributed by atoms with Crippen LogP contribution in [0.25, 0.3) is 0 Å². The molecule has 5 nitrogen and oxygen atoms in total. The first-order chi connectivity index (χ1) is 14.6. The molecule has 158 valence electrons. The Morgan fingerprint density at radius 2 is 1.90 bits per heavy atom. The molecule has 0 radical (unpaired) electrons. The van der Waals surface area contributed by atoms with E-state index < -0.39 is 11.9 Å². The van der Waals surface area contributed by atoms with Crippen LogP contribution in [0, 0.1) is 5.82 Å². The van der Waals surface area contributed by atoms with Gasteiger partial charge in [-0.3, -0.25) is 18.8 Å². The summed E-state index contributed by atoms with van der Waals surface area (Å²) in [5.41, 5.74) is 7.57. The summed E-state index contributed by atoms with van der Waals surface area (Å²) in [5.74, 6) is -0.910. The molecular formula is C23H26FN3O2S. The van der Waals surface area contributed by atoms with E-state index in [0.29, 0.717) is 10.9 Å². The molecule has 7 heteroatoms. The molecular weight excluding hydrogens is 401 g/mol. The second-order valence-electron chi connectivity index (χ2n) is 7.74. The highest BCUT2D eigenvalue weighted by molar-refractivity contribution is 8.02. The summed E-state index contributed by atoms with van der Waals surface area (Å²) in [7, 11) is 0. The minimum absolute atomic E-state index is 0.0816. The van der Waals surface area contributed by atoms with Crippen molar-refractivity contribution in [2.45, 2.75) is 49.8 Å². The smallest absolute Gasteiger partial charge is 0.264 e. The van der Waals surface area contributed by atoms with Crippen LogP contribution in [0.3, 0.4) is 0 Å². The maximum Gasteiger partial charge on any atom is 0.264 e. The van der Waals surface area contributed by atoms with Gasteiger partial charge in [-0.15, -0.1) is 0 Å². The number of anilines is 2. The molecule has 1 aliphatic carbocycles. The Balaban J connectivity index is 1.73. The third-order valence-electron chi connectivity index (χ3n) is 5.66. The van der Waals surface area contributed by atoms with Crippen LogP contribution in [0.5, 0.6) is 0 Å². The summed E-state index contributed by atoms with van der Waals surface area (Å²) in [6, 6.07) is 12.6. The second kappa shape index (κ2) is 9.18. The van der Waals surface area contributed by atoms with E-state index in [4.69, 9.17) is 5.73 Å². The monoisotopic (exact) mass is 427 g/mol. The van der Waals surface area contributed by atoms with Crippen molar-refractivity contribution in [2.24, 2.45) is 5.73 Å². The Bertz CT molecular complexity index is 932. The van der Waals surface area contributed by atoms with Crippen LogP contribution in [0.4, 0.5) is 15.8 Å². The fourth-order valence-electron chi connectivity index (χ4n) is 4.25. The molecule has 0 saturated heterocycles. The van der Waals surface area contributed by atoms with Gasteiger partial charge in [0.15, 0.2) is 0 Å². The Hall–Kier alpha value is -2.38. The predicted octanol–water partition coefficient (Wildman–Crippen LogP) is 4.58. The van der Waals surface area contributed by atoms with Gasteiger partial charge < -0.3 is 5.73 Å². The van der Waals surface area contributed by atoms with E-state index in [-0.39, 0.29) is 24.8 Å². The molecule has 0 spiro atoms. The van der Waals surface area contributed by atoms with Gasteiger partial charge in [-0.1, -0.05) is 43.5 Å². The molecule has 2 aromatic rings. The number of halogens is 1. The molecule has 1 unspecified atom stereocenters. The largest absolute Gasteiger partial charge is 0.330 e. The average Bonchev–Trinajstić information content (AvgIpc) is 3.02. The van der Waals surface area contributed by atoms with E-state index >= 15 is 0 Å². The van der Waals surface area contributed by atoms with Gasteiger partial charge in [-0.05, 0) is 49.1 Å². The number of nitrogens with two attached hydrogens (primary N) is 1. The van der Waals surface area contributed by atoms with Crippen molar-refractivity contribution in [1.29, 1.82) is 0 Å². The molecule has 0 bridgehead atoms. The zero-order valence-corrected chi connectivity index (χ0v) is 17.6. The minimum Gasteiger partial charge on any atom is -0.330 e. The molecule has 2 N–H and O–H groups in total. The number of hydrogen-bond acceptors (Lipinski definition) is 4. The van der Waals surface area contributed by atoms with Gasteiger partial charge in [-0.25, -0.2) is 4.39 Å². The SMILES string of the molecule is NCCC(=O)N(c1cccc(F)c1)C1C(=O)N(SC2CCCCC2)c2ccccc21. The highest BCUT2D eigenvalue weighted by Gasteiger charge is 2.44. The number of hydrogen-bond donors (Lipinski definition) is 1. The van der Waals surface area contributed by atoms with Crippen LogP contribution in [0.1, 0.15) is 50.1 Å². The van der Waals surface area contributed by atoms with Gasteiger partial charge in [0.1, 0.15) is 11.9 Å². The fourth-order valence-corrected chi connectivity index (χ4v) is 5.58. The first-order valence-electron chi connectivity index (χ1n) is 10.5. The summed E-state index contributed by atoms with van der Waals surface area (Å²) in [4.78, 5) is 28.1. The molecule has 30 heavy (non-hydrogen) atoms. The molecule has 0 aromatic heterocycles. The maximum atomic E-state index is 14.0. The van der Waals surface area contributed by atoms with Crippen molar-refractivity contribution in [3.8, 4) is 0 Å². The quantitative estimate of drug-likeness (QED) is 0.686. The van der Waals surface area contributed by atoms with Crippen LogP contribution in [-0.4, -0.2) is 23.6 Å². The molecule has 1 saturated carbocycles. The van der Waals surface area contributed by atoms with Crippen LogP contribution in [0.2, 0.25) is 0 Å². The highest BCUT2D eigenvalue weighted by Crippen LogP contribution is 2.46. The zero-order valence-electron chi connectivity index (χ0n) is 16.8. The van der Waals surface area contributed by atoms with Crippen molar-refractivity contribution in [1.82, 2.24) is 0 Å². The number of carbonyl (C=O) groups is 2. The zero-order chi connectivity index (χ0) is 21.1.